The highest BCUT2D eigenvalue weighted by Crippen LogP contribution is 2.30. The second kappa shape index (κ2) is 6.91. The highest BCUT2D eigenvalue weighted by molar-refractivity contribution is 6.30. The van der Waals surface area contributed by atoms with Crippen LogP contribution < -0.4 is 10.1 Å². The lowest BCUT2D eigenvalue weighted by Crippen LogP contribution is -2.21. The first-order valence-electron chi connectivity index (χ1n) is 6.46. The average Bonchev–Trinajstić information content (AvgIpc) is 2.47. The van der Waals surface area contributed by atoms with Crippen molar-refractivity contribution in [1.29, 1.82) is 0 Å². The van der Waals surface area contributed by atoms with E-state index in [2.05, 4.69) is 5.32 Å². The molecule has 0 spiro atoms. The number of carbonyl (C=O) groups excluding carboxylic acids is 1. The molecule has 0 aliphatic carbocycles. The number of halogens is 4. The van der Waals surface area contributed by atoms with Gasteiger partial charge in [0.1, 0.15) is 5.75 Å². The molecule has 1 heterocycles. The van der Waals surface area contributed by atoms with Gasteiger partial charge < -0.3 is 14.8 Å². The molecule has 0 unspecified atom stereocenters. The van der Waals surface area contributed by atoms with Crippen molar-refractivity contribution in [2.75, 3.05) is 18.5 Å². The molecule has 1 aromatic rings. The van der Waals surface area contributed by atoms with Crippen LogP contribution in [0.15, 0.2) is 30.0 Å². The standard InChI is InChI=1S/C14H13ClF3NO3/c15-10-3-4-11(12(6-10)22-8-14(16,17)18)19-13(20)9-2-1-5-21-7-9/h3-4,6-7H,1-2,5,8H2,(H,19,20). The van der Waals surface area contributed by atoms with Crippen molar-refractivity contribution in [1.82, 2.24) is 0 Å². The van der Waals surface area contributed by atoms with E-state index < -0.39 is 18.7 Å². The minimum atomic E-state index is -4.48. The maximum absolute atomic E-state index is 12.3. The van der Waals surface area contributed by atoms with Gasteiger partial charge in [0, 0.05) is 11.1 Å². The maximum Gasteiger partial charge on any atom is 0.422 e. The number of rotatable bonds is 4. The second-order valence-corrected chi connectivity index (χ2v) is 5.05. The molecule has 2 rings (SSSR count). The molecule has 8 heteroatoms. The van der Waals surface area contributed by atoms with Gasteiger partial charge in [0.15, 0.2) is 6.61 Å². The first-order chi connectivity index (χ1) is 10.3. The Kier molecular flexibility index (Phi) is 5.18. The molecule has 1 amide bonds. The number of alkyl halides is 3. The summed E-state index contributed by atoms with van der Waals surface area (Å²) in [5.74, 6) is -0.589. The summed E-state index contributed by atoms with van der Waals surface area (Å²) in [4.78, 5) is 12.0. The van der Waals surface area contributed by atoms with Gasteiger partial charge >= 0.3 is 6.18 Å². The van der Waals surface area contributed by atoms with Crippen LogP contribution in [0.2, 0.25) is 5.02 Å². The van der Waals surface area contributed by atoms with Crippen LogP contribution in [-0.4, -0.2) is 25.3 Å². The number of ether oxygens (including phenoxy) is 2. The van der Waals surface area contributed by atoms with E-state index >= 15 is 0 Å². The summed E-state index contributed by atoms with van der Waals surface area (Å²) >= 11 is 5.75. The molecule has 4 nitrogen and oxygen atoms in total. The van der Waals surface area contributed by atoms with Crippen molar-refractivity contribution < 1.29 is 27.4 Å². The van der Waals surface area contributed by atoms with Crippen LogP contribution in [0.25, 0.3) is 0 Å². The Morgan fingerprint density at radius 1 is 1.41 bits per heavy atom. The summed E-state index contributed by atoms with van der Waals surface area (Å²) in [7, 11) is 0. The van der Waals surface area contributed by atoms with Crippen molar-refractivity contribution >= 4 is 23.2 Å². The number of amides is 1. The summed E-state index contributed by atoms with van der Waals surface area (Å²) in [6.07, 6.45) is -1.89. The van der Waals surface area contributed by atoms with E-state index in [1.54, 1.807) is 0 Å². The van der Waals surface area contributed by atoms with Crippen molar-refractivity contribution in [3.8, 4) is 5.75 Å². The SMILES string of the molecule is O=C(Nc1ccc(Cl)cc1OCC(F)(F)F)C1=COCCC1. The predicted molar refractivity (Wildman–Crippen MR) is 74.9 cm³/mol. The molecule has 0 atom stereocenters. The molecule has 0 saturated carbocycles. The minimum Gasteiger partial charge on any atom is -0.501 e. The Labute approximate surface area is 129 Å². The van der Waals surface area contributed by atoms with Gasteiger partial charge in [0.05, 0.1) is 24.1 Å². The molecule has 0 bridgehead atoms. The zero-order valence-corrected chi connectivity index (χ0v) is 12.1. The van der Waals surface area contributed by atoms with Crippen LogP contribution in [0.1, 0.15) is 12.8 Å². The van der Waals surface area contributed by atoms with Crippen LogP contribution in [0.3, 0.4) is 0 Å². The van der Waals surface area contributed by atoms with E-state index in [4.69, 9.17) is 21.1 Å². The molecule has 0 radical (unpaired) electrons. The molecule has 22 heavy (non-hydrogen) atoms. The zero-order valence-electron chi connectivity index (χ0n) is 11.4. The third kappa shape index (κ3) is 4.84. The summed E-state index contributed by atoms with van der Waals surface area (Å²) in [5, 5.41) is 2.71. The van der Waals surface area contributed by atoms with Crippen molar-refractivity contribution in [3.63, 3.8) is 0 Å². The Morgan fingerprint density at radius 3 is 2.82 bits per heavy atom. The number of benzene rings is 1. The molecule has 1 N–H and O–H groups in total. The lowest BCUT2D eigenvalue weighted by molar-refractivity contribution is -0.153. The highest BCUT2D eigenvalue weighted by Gasteiger charge is 2.29. The monoisotopic (exact) mass is 335 g/mol. The van der Waals surface area contributed by atoms with Gasteiger partial charge in [0.2, 0.25) is 0 Å². The van der Waals surface area contributed by atoms with E-state index in [0.717, 1.165) is 0 Å². The molecule has 120 valence electrons. The molecular formula is C14H13ClF3NO3. The zero-order chi connectivity index (χ0) is 16.2. The third-order valence-corrected chi connectivity index (χ3v) is 3.04. The van der Waals surface area contributed by atoms with Crippen LogP contribution in [0.5, 0.6) is 5.75 Å². The number of hydrogen-bond donors (Lipinski definition) is 1. The molecular weight excluding hydrogens is 323 g/mol. The summed E-state index contributed by atoms with van der Waals surface area (Å²) < 4.78 is 46.5. The van der Waals surface area contributed by atoms with Gasteiger partial charge in [0.25, 0.3) is 5.91 Å². The Morgan fingerprint density at radius 2 is 2.18 bits per heavy atom. The highest BCUT2D eigenvalue weighted by atomic mass is 35.5. The smallest absolute Gasteiger partial charge is 0.422 e. The third-order valence-electron chi connectivity index (χ3n) is 2.81. The molecule has 1 aliphatic rings. The molecule has 1 aromatic carbocycles. The summed E-state index contributed by atoms with van der Waals surface area (Å²) in [6, 6.07) is 4.05. The number of carbonyl (C=O) groups is 1. The Bertz CT molecular complexity index is 587. The summed E-state index contributed by atoms with van der Waals surface area (Å²) in [5.41, 5.74) is 0.535. The first-order valence-corrected chi connectivity index (χ1v) is 6.84. The van der Waals surface area contributed by atoms with Gasteiger partial charge in [-0.15, -0.1) is 0 Å². The fourth-order valence-corrected chi connectivity index (χ4v) is 1.97. The maximum atomic E-state index is 12.3. The van der Waals surface area contributed by atoms with E-state index in [0.29, 0.717) is 25.0 Å². The normalized spacial score (nSPS) is 14.8. The molecule has 0 saturated heterocycles. The average molecular weight is 336 g/mol. The lowest BCUT2D eigenvalue weighted by Gasteiger charge is -2.16. The second-order valence-electron chi connectivity index (χ2n) is 4.62. The fraction of sp³-hybridized carbons (Fsp3) is 0.357. The van der Waals surface area contributed by atoms with Crippen LogP contribution >= 0.6 is 11.6 Å². The van der Waals surface area contributed by atoms with E-state index in [9.17, 15) is 18.0 Å². The van der Waals surface area contributed by atoms with Gasteiger partial charge in [-0.25, -0.2) is 0 Å². The van der Waals surface area contributed by atoms with Crippen molar-refractivity contribution in [2.45, 2.75) is 19.0 Å². The van der Waals surface area contributed by atoms with Crippen LogP contribution in [-0.2, 0) is 9.53 Å². The minimum absolute atomic E-state index is 0.116. The Balaban J connectivity index is 2.12. The molecule has 0 aromatic heterocycles. The fourth-order valence-electron chi connectivity index (χ4n) is 1.81. The number of nitrogens with one attached hydrogen (secondary N) is 1. The van der Waals surface area contributed by atoms with Gasteiger partial charge in [-0.2, -0.15) is 13.2 Å². The topological polar surface area (TPSA) is 47.6 Å². The van der Waals surface area contributed by atoms with Crippen LogP contribution in [0, 0.1) is 0 Å². The van der Waals surface area contributed by atoms with Crippen molar-refractivity contribution in [3.05, 3.63) is 35.1 Å². The number of hydrogen-bond acceptors (Lipinski definition) is 3. The quantitative estimate of drug-likeness (QED) is 0.907. The van der Waals surface area contributed by atoms with Gasteiger partial charge in [-0.3, -0.25) is 4.79 Å². The van der Waals surface area contributed by atoms with Gasteiger partial charge in [-0.1, -0.05) is 11.6 Å². The van der Waals surface area contributed by atoms with E-state index in [1.807, 2.05) is 0 Å². The largest absolute Gasteiger partial charge is 0.501 e. The predicted octanol–water partition coefficient (Wildman–Crippen LogP) is 3.91. The van der Waals surface area contributed by atoms with Gasteiger partial charge in [-0.05, 0) is 25.0 Å². The lowest BCUT2D eigenvalue weighted by atomic mass is 10.1. The van der Waals surface area contributed by atoms with Crippen molar-refractivity contribution in [2.24, 2.45) is 0 Å². The number of anilines is 1. The van der Waals surface area contributed by atoms with E-state index in [-0.39, 0.29) is 16.5 Å². The molecule has 1 aliphatic heterocycles. The van der Waals surface area contributed by atoms with E-state index in [1.165, 1.54) is 24.5 Å². The Hall–Kier alpha value is -1.89. The molecule has 0 fully saturated rings. The first kappa shape index (κ1) is 16.5. The summed E-state index contributed by atoms with van der Waals surface area (Å²) in [6.45, 7) is -0.931. The van der Waals surface area contributed by atoms with Crippen LogP contribution in [0.4, 0.5) is 18.9 Å².